The summed E-state index contributed by atoms with van der Waals surface area (Å²) < 4.78 is 36.4. The van der Waals surface area contributed by atoms with Crippen LogP contribution < -0.4 is 19.1 Å². The predicted molar refractivity (Wildman–Crippen MR) is 119 cm³/mol. The van der Waals surface area contributed by atoms with Crippen molar-refractivity contribution in [3.05, 3.63) is 54.1 Å². The van der Waals surface area contributed by atoms with Crippen LogP contribution in [0, 0.1) is 6.92 Å². The predicted octanol–water partition coefficient (Wildman–Crippen LogP) is 3.13. The Morgan fingerprint density at radius 1 is 1.07 bits per heavy atom. The van der Waals surface area contributed by atoms with Crippen molar-refractivity contribution in [1.29, 1.82) is 0 Å². The van der Waals surface area contributed by atoms with Gasteiger partial charge in [0.25, 0.3) is 0 Å². The zero-order valence-corrected chi connectivity index (χ0v) is 18.7. The number of benzene rings is 2. The maximum atomic E-state index is 12.2. The molecule has 1 unspecified atom stereocenters. The molecule has 2 aromatic rings. The lowest BCUT2D eigenvalue weighted by Crippen LogP contribution is -2.37. The van der Waals surface area contributed by atoms with Crippen LogP contribution in [0.5, 0.6) is 11.5 Å². The number of ether oxygens (including phenoxy) is 2. The molecule has 2 aromatic carbocycles. The third kappa shape index (κ3) is 7.59. The Balaban J connectivity index is 1.80. The number of sulfonamides is 1. The molecule has 8 heteroatoms. The summed E-state index contributed by atoms with van der Waals surface area (Å²) in [6.45, 7) is 4.45. The molecule has 0 aliphatic carbocycles. The SMILES string of the molecule is COc1ccc(N(CCCC(=O)NC(C)COc2ccc(C)cc2)S(C)(=O)=O)cc1. The summed E-state index contributed by atoms with van der Waals surface area (Å²) in [6, 6.07) is 14.3. The number of hydrogen-bond acceptors (Lipinski definition) is 5. The van der Waals surface area contributed by atoms with E-state index in [4.69, 9.17) is 9.47 Å². The number of methoxy groups -OCH3 is 1. The van der Waals surface area contributed by atoms with E-state index in [9.17, 15) is 13.2 Å². The quantitative estimate of drug-likeness (QED) is 0.587. The number of nitrogens with one attached hydrogen (secondary N) is 1. The topological polar surface area (TPSA) is 84.9 Å². The smallest absolute Gasteiger partial charge is 0.232 e. The summed E-state index contributed by atoms with van der Waals surface area (Å²) in [5.74, 6) is 1.26. The minimum absolute atomic E-state index is 0.141. The highest BCUT2D eigenvalue weighted by atomic mass is 32.2. The lowest BCUT2D eigenvalue weighted by Gasteiger charge is -2.22. The van der Waals surface area contributed by atoms with Gasteiger partial charge in [-0.3, -0.25) is 9.10 Å². The zero-order valence-electron chi connectivity index (χ0n) is 17.9. The first kappa shape index (κ1) is 23.5. The van der Waals surface area contributed by atoms with Crippen molar-refractivity contribution in [1.82, 2.24) is 5.32 Å². The first-order valence-corrected chi connectivity index (χ1v) is 11.6. The van der Waals surface area contributed by atoms with Crippen LogP contribution in [-0.4, -0.2) is 46.9 Å². The molecule has 0 aromatic heterocycles. The normalized spacial score (nSPS) is 12.1. The number of carbonyl (C=O) groups is 1. The van der Waals surface area contributed by atoms with Gasteiger partial charge < -0.3 is 14.8 Å². The fourth-order valence-corrected chi connectivity index (χ4v) is 3.83. The summed E-state index contributed by atoms with van der Waals surface area (Å²) in [5.41, 5.74) is 1.69. The first-order chi connectivity index (χ1) is 14.2. The zero-order chi connectivity index (χ0) is 22.1. The average Bonchev–Trinajstić information content (AvgIpc) is 2.70. The number of aryl methyl sites for hydroxylation is 1. The standard InChI is InChI=1S/C22H30N2O5S/c1-17-7-11-21(12-8-17)29-16-18(2)23-22(25)6-5-15-24(30(4,26)27)19-9-13-20(28-3)14-10-19/h7-14,18H,5-6,15-16H2,1-4H3,(H,23,25). The van der Waals surface area contributed by atoms with Crippen molar-refractivity contribution < 1.29 is 22.7 Å². The molecular weight excluding hydrogens is 404 g/mol. The number of nitrogens with zero attached hydrogens (tertiary/aromatic N) is 1. The van der Waals surface area contributed by atoms with Gasteiger partial charge in [0.15, 0.2) is 0 Å². The van der Waals surface area contributed by atoms with Gasteiger partial charge in [-0.15, -0.1) is 0 Å². The van der Waals surface area contributed by atoms with E-state index in [0.717, 1.165) is 17.6 Å². The van der Waals surface area contributed by atoms with E-state index in [1.807, 2.05) is 38.1 Å². The van der Waals surface area contributed by atoms with E-state index in [-0.39, 0.29) is 24.9 Å². The Hall–Kier alpha value is -2.74. The molecule has 0 radical (unpaired) electrons. The molecule has 0 aliphatic heterocycles. The molecule has 0 heterocycles. The van der Waals surface area contributed by atoms with Crippen LogP contribution >= 0.6 is 0 Å². The largest absolute Gasteiger partial charge is 0.497 e. The average molecular weight is 435 g/mol. The second kappa shape index (κ2) is 10.9. The van der Waals surface area contributed by atoms with Crippen molar-refractivity contribution in [2.24, 2.45) is 0 Å². The molecule has 0 fully saturated rings. The van der Waals surface area contributed by atoms with Gasteiger partial charge in [-0.2, -0.15) is 0 Å². The van der Waals surface area contributed by atoms with Crippen LogP contribution in [-0.2, 0) is 14.8 Å². The Morgan fingerprint density at radius 3 is 2.23 bits per heavy atom. The van der Waals surface area contributed by atoms with Crippen molar-refractivity contribution in [2.45, 2.75) is 32.7 Å². The van der Waals surface area contributed by atoms with Crippen LogP contribution in [0.1, 0.15) is 25.3 Å². The Morgan fingerprint density at radius 2 is 1.67 bits per heavy atom. The minimum Gasteiger partial charge on any atom is -0.497 e. The molecule has 30 heavy (non-hydrogen) atoms. The molecule has 1 amide bonds. The maximum absolute atomic E-state index is 12.2. The van der Waals surface area contributed by atoms with Crippen molar-refractivity contribution in [3.63, 3.8) is 0 Å². The Bertz CT molecular complexity index is 912. The second-order valence-electron chi connectivity index (χ2n) is 7.23. The molecule has 2 rings (SSSR count). The van der Waals surface area contributed by atoms with Gasteiger partial charge >= 0.3 is 0 Å². The fourth-order valence-electron chi connectivity index (χ4n) is 2.86. The number of rotatable bonds is 11. The molecule has 1 atom stereocenters. The third-order valence-electron chi connectivity index (χ3n) is 4.45. The molecule has 0 aliphatic rings. The van der Waals surface area contributed by atoms with Crippen LogP contribution in [0.4, 0.5) is 5.69 Å². The molecule has 7 nitrogen and oxygen atoms in total. The summed E-state index contributed by atoms with van der Waals surface area (Å²) in [6.07, 6.45) is 1.77. The summed E-state index contributed by atoms with van der Waals surface area (Å²) in [4.78, 5) is 12.2. The van der Waals surface area contributed by atoms with Crippen LogP contribution in [0.2, 0.25) is 0 Å². The third-order valence-corrected chi connectivity index (χ3v) is 5.65. The van der Waals surface area contributed by atoms with Gasteiger partial charge in [0.05, 0.1) is 25.1 Å². The van der Waals surface area contributed by atoms with Crippen LogP contribution in [0.3, 0.4) is 0 Å². The van der Waals surface area contributed by atoms with Crippen molar-refractivity contribution in [2.75, 3.05) is 30.8 Å². The highest BCUT2D eigenvalue weighted by Crippen LogP contribution is 2.22. The lowest BCUT2D eigenvalue weighted by atomic mass is 10.2. The highest BCUT2D eigenvalue weighted by molar-refractivity contribution is 7.92. The number of carbonyl (C=O) groups excluding carboxylic acids is 1. The lowest BCUT2D eigenvalue weighted by molar-refractivity contribution is -0.121. The van der Waals surface area contributed by atoms with Crippen LogP contribution in [0.15, 0.2) is 48.5 Å². The van der Waals surface area contributed by atoms with Gasteiger partial charge in [0.2, 0.25) is 15.9 Å². The minimum atomic E-state index is -3.46. The van der Waals surface area contributed by atoms with Gasteiger partial charge in [-0.25, -0.2) is 8.42 Å². The molecule has 0 saturated carbocycles. The molecule has 0 saturated heterocycles. The van der Waals surface area contributed by atoms with E-state index in [1.165, 1.54) is 4.31 Å². The number of hydrogen-bond donors (Lipinski definition) is 1. The highest BCUT2D eigenvalue weighted by Gasteiger charge is 2.18. The first-order valence-electron chi connectivity index (χ1n) is 9.79. The molecule has 1 N–H and O–H groups in total. The summed E-state index contributed by atoms with van der Waals surface area (Å²) in [7, 11) is -1.91. The molecular formula is C22H30N2O5S. The maximum Gasteiger partial charge on any atom is 0.232 e. The Kier molecular flexibility index (Phi) is 8.53. The van der Waals surface area contributed by atoms with Gasteiger partial charge in [-0.05, 0) is 56.7 Å². The van der Waals surface area contributed by atoms with Crippen LogP contribution in [0.25, 0.3) is 0 Å². The van der Waals surface area contributed by atoms with Gasteiger partial charge in [-0.1, -0.05) is 17.7 Å². The fraction of sp³-hybridized carbons (Fsp3) is 0.409. The Labute approximate surface area is 179 Å². The van der Waals surface area contributed by atoms with E-state index in [0.29, 0.717) is 24.5 Å². The van der Waals surface area contributed by atoms with Crippen molar-refractivity contribution in [3.8, 4) is 11.5 Å². The second-order valence-corrected chi connectivity index (χ2v) is 9.14. The van der Waals surface area contributed by atoms with E-state index >= 15 is 0 Å². The molecule has 0 bridgehead atoms. The van der Waals surface area contributed by atoms with E-state index in [1.54, 1.807) is 31.4 Å². The van der Waals surface area contributed by atoms with Crippen molar-refractivity contribution >= 4 is 21.6 Å². The summed E-state index contributed by atoms with van der Waals surface area (Å²) >= 11 is 0. The van der Waals surface area contributed by atoms with E-state index in [2.05, 4.69) is 5.32 Å². The molecule has 0 spiro atoms. The van der Waals surface area contributed by atoms with Gasteiger partial charge in [0.1, 0.15) is 18.1 Å². The monoisotopic (exact) mass is 434 g/mol. The van der Waals surface area contributed by atoms with E-state index < -0.39 is 10.0 Å². The number of anilines is 1. The summed E-state index contributed by atoms with van der Waals surface area (Å²) in [5, 5.41) is 2.88. The molecule has 164 valence electrons. The number of amides is 1. The van der Waals surface area contributed by atoms with Gasteiger partial charge in [0, 0.05) is 13.0 Å².